The molecule has 1 heterocycles. The van der Waals surface area contributed by atoms with Crippen LogP contribution in [0.2, 0.25) is 5.02 Å². The average Bonchev–Trinajstić information content (AvgIpc) is 2.73. The quantitative estimate of drug-likeness (QED) is 0.758. The zero-order valence-corrected chi connectivity index (χ0v) is 12.1. The lowest BCUT2D eigenvalue weighted by Crippen LogP contribution is -2.39. The van der Waals surface area contributed by atoms with Gasteiger partial charge in [0.15, 0.2) is 0 Å². The monoisotopic (exact) mass is 285 g/mol. The molecule has 0 spiro atoms. The molecule has 1 saturated heterocycles. The molecule has 1 aliphatic heterocycles. The van der Waals surface area contributed by atoms with Crippen LogP contribution in [-0.2, 0) is 0 Å². The van der Waals surface area contributed by atoms with Gasteiger partial charge in [0.05, 0.1) is 0 Å². The van der Waals surface area contributed by atoms with Gasteiger partial charge in [-0.1, -0.05) is 24.6 Å². The number of carbonyl (C=O) groups excluding carboxylic acids is 1. The Labute approximate surface area is 118 Å². The predicted octanol–water partition coefficient (Wildman–Crippen LogP) is 3.74. The van der Waals surface area contributed by atoms with Gasteiger partial charge in [-0.25, -0.2) is 0 Å². The van der Waals surface area contributed by atoms with Crippen molar-refractivity contribution in [2.24, 2.45) is 5.92 Å². The molecular formula is C14H17Cl2NO. The number of likely N-dealkylation sites (tertiary alicyclic amines) is 1. The molecule has 2 rings (SSSR count). The Morgan fingerprint density at radius 3 is 2.89 bits per heavy atom. The highest BCUT2D eigenvalue weighted by molar-refractivity contribution is 6.31. The number of rotatable bonds is 2. The first-order chi connectivity index (χ1) is 8.56. The summed E-state index contributed by atoms with van der Waals surface area (Å²) in [4.78, 5) is 14.4. The lowest BCUT2D eigenvalue weighted by molar-refractivity contribution is 0.0736. The van der Waals surface area contributed by atoms with E-state index in [0.29, 0.717) is 22.4 Å². The van der Waals surface area contributed by atoms with Crippen LogP contribution in [0.15, 0.2) is 18.2 Å². The zero-order chi connectivity index (χ0) is 13.3. The van der Waals surface area contributed by atoms with E-state index < -0.39 is 0 Å². The Hall–Kier alpha value is -0.730. The van der Waals surface area contributed by atoms with E-state index in [1.165, 1.54) is 0 Å². The minimum Gasteiger partial charge on any atom is -0.334 e. The second-order valence-corrected chi connectivity index (χ2v) is 5.61. The predicted molar refractivity (Wildman–Crippen MR) is 75.5 cm³/mol. The summed E-state index contributed by atoms with van der Waals surface area (Å²) in [5.41, 5.74) is 1.53. The minimum atomic E-state index is 0.0463. The molecule has 0 aromatic heterocycles. The van der Waals surface area contributed by atoms with Crippen LogP contribution in [-0.4, -0.2) is 29.3 Å². The molecule has 1 aliphatic rings. The van der Waals surface area contributed by atoms with Gasteiger partial charge in [-0.15, -0.1) is 11.6 Å². The number of hydrogen-bond donors (Lipinski definition) is 0. The van der Waals surface area contributed by atoms with Crippen molar-refractivity contribution in [3.63, 3.8) is 0 Å². The van der Waals surface area contributed by atoms with Crippen LogP contribution < -0.4 is 0 Å². The molecule has 2 nitrogen and oxygen atoms in total. The normalized spacial score (nSPS) is 23.4. The van der Waals surface area contributed by atoms with E-state index in [9.17, 15) is 4.79 Å². The van der Waals surface area contributed by atoms with Crippen molar-refractivity contribution >= 4 is 29.1 Å². The van der Waals surface area contributed by atoms with Gasteiger partial charge in [0.25, 0.3) is 5.91 Å². The van der Waals surface area contributed by atoms with E-state index in [1.54, 1.807) is 6.07 Å². The molecule has 1 fully saturated rings. The Morgan fingerprint density at radius 2 is 2.22 bits per heavy atom. The van der Waals surface area contributed by atoms with Crippen molar-refractivity contribution in [2.75, 3.05) is 12.4 Å². The highest BCUT2D eigenvalue weighted by Gasteiger charge is 2.34. The van der Waals surface area contributed by atoms with E-state index in [1.807, 2.05) is 24.0 Å². The van der Waals surface area contributed by atoms with Crippen LogP contribution in [0.3, 0.4) is 0 Å². The third-order valence-corrected chi connectivity index (χ3v) is 4.53. The summed E-state index contributed by atoms with van der Waals surface area (Å²) in [5, 5.41) is 0.635. The molecule has 0 saturated carbocycles. The number of nitrogens with zero attached hydrogens (tertiary/aromatic N) is 1. The number of alkyl halides is 1. The second kappa shape index (κ2) is 5.50. The minimum absolute atomic E-state index is 0.0463. The van der Waals surface area contributed by atoms with Gasteiger partial charge in [0.2, 0.25) is 0 Å². The maximum Gasteiger partial charge on any atom is 0.254 e. The SMILES string of the molecule is Cc1c(Cl)cccc1C(=O)N1CCC(C)C1CCl. The van der Waals surface area contributed by atoms with Crippen LogP contribution in [0.5, 0.6) is 0 Å². The van der Waals surface area contributed by atoms with E-state index in [4.69, 9.17) is 23.2 Å². The molecule has 18 heavy (non-hydrogen) atoms. The number of carbonyl (C=O) groups is 1. The van der Waals surface area contributed by atoms with E-state index in [-0.39, 0.29) is 11.9 Å². The van der Waals surface area contributed by atoms with Crippen LogP contribution in [0, 0.1) is 12.8 Å². The summed E-state index contributed by atoms with van der Waals surface area (Å²) < 4.78 is 0. The largest absolute Gasteiger partial charge is 0.334 e. The maximum absolute atomic E-state index is 12.5. The molecular weight excluding hydrogens is 269 g/mol. The summed E-state index contributed by atoms with van der Waals surface area (Å²) in [6.45, 7) is 4.80. The summed E-state index contributed by atoms with van der Waals surface area (Å²) >= 11 is 12.0. The Balaban J connectivity index is 2.29. The van der Waals surface area contributed by atoms with Crippen molar-refractivity contribution in [3.05, 3.63) is 34.3 Å². The number of halogens is 2. The van der Waals surface area contributed by atoms with Crippen molar-refractivity contribution in [1.29, 1.82) is 0 Å². The van der Waals surface area contributed by atoms with Crippen molar-refractivity contribution < 1.29 is 4.79 Å². The smallest absolute Gasteiger partial charge is 0.254 e. The van der Waals surface area contributed by atoms with Gasteiger partial charge in [0.1, 0.15) is 0 Å². The Morgan fingerprint density at radius 1 is 1.50 bits per heavy atom. The fourth-order valence-corrected chi connectivity index (χ4v) is 3.13. The average molecular weight is 286 g/mol. The molecule has 1 aromatic carbocycles. The molecule has 1 amide bonds. The second-order valence-electron chi connectivity index (χ2n) is 4.90. The van der Waals surface area contributed by atoms with E-state index >= 15 is 0 Å². The fourth-order valence-electron chi connectivity index (χ4n) is 2.49. The van der Waals surface area contributed by atoms with Crippen LogP contribution >= 0.6 is 23.2 Å². The van der Waals surface area contributed by atoms with Gasteiger partial charge >= 0.3 is 0 Å². The molecule has 0 radical (unpaired) electrons. The number of amides is 1. The molecule has 2 unspecified atom stereocenters. The first-order valence-corrected chi connectivity index (χ1v) is 7.09. The molecule has 1 aromatic rings. The lowest BCUT2D eigenvalue weighted by atomic mass is 10.0. The molecule has 2 atom stereocenters. The van der Waals surface area contributed by atoms with Gasteiger partial charge in [-0.3, -0.25) is 4.79 Å². The van der Waals surface area contributed by atoms with Crippen molar-refractivity contribution in [1.82, 2.24) is 4.90 Å². The third-order valence-electron chi connectivity index (χ3n) is 3.80. The zero-order valence-electron chi connectivity index (χ0n) is 10.6. The van der Waals surface area contributed by atoms with Crippen LogP contribution in [0.4, 0.5) is 0 Å². The topological polar surface area (TPSA) is 20.3 Å². The summed E-state index contributed by atoms with van der Waals surface area (Å²) in [6.07, 6.45) is 1.02. The van der Waals surface area contributed by atoms with Crippen LogP contribution in [0.25, 0.3) is 0 Å². The molecule has 98 valence electrons. The molecule has 0 bridgehead atoms. The lowest BCUT2D eigenvalue weighted by Gasteiger charge is -2.26. The Bertz CT molecular complexity index is 461. The van der Waals surface area contributed by atoms with Gasteiger partial charge in [0, 0.05) is 29.1 Å². The molecule has 0 N–H and O–H groups in total. The van der Waals surface area contributed by atoms with E-state index in [2.05, 4.69) is 6.92 Å². The van der Waals surface area contributed by atoms with Gasteiger partial charge in [-0.05, 0) is 37.0 Å². The maximum atomic E-state index is 12.5. The Kier molecular flexibility index (Phi) is 4.18. The van der Waals surface area contributed by atoms with Crippen molar-refractivity contribution in [3.8, 4) is 0 Å². The van der Waals surface area contributed by atoms with Gasteiger partial charge in [-0.2, -0.15) is 0 Å². The summed E-state index contributed by atoms with van der Waals surface area (Å²) in [5.74, 6) is 1.00. The van der Waals surface area contributed by atoms with Gasteiger partial charge < -0.3 is 4.90 Å². The highest BCUT2D eigenvalue weighted by Crippen LogP contribution is 2.28. The van der Waals surface area contributed by atoms with Crippen molar-refractivity contribution in [2.45, 2.75) is 26.3 Å². The summed E-state index contributed by atoms with van der Waals surface area (Å²) in [7, 11) is 0. The van der Waals surface area contributed by atoms with Crippen LogP contribution in [0.1, 0.15) is 29.3 Å². The van der Waals surface area contributed by atoms with E-state index in [0.717, 1.165) is 18.5 Å². The standard InChI is InChI=1S/C14H17Cl2NO/c1-9-6-7-17(13(9)8-15)14(18)11-4-3-5-12(16)10(11)2/h3-5,9,13H,6-8H2,1-2H3. The highest BCUT2D eigenvalue weighted by atomic mass is 35.5. The number of hydrogen-bond acceptors (Lipinski definition) is 1. The first-order valence-electron chi connectivity index (χ1n) is 6.18. The molecule has 4 heteroatoms. The number of benzene rings is 1. The summed E-state index contributed by atoms with van der Waals surface area (Å²) in [6, 6.07) is 5.59. The third kappa shape index (κ3) is 2.36. The first kappa shape index (κ1) is 13.7. The fraction of sp³-hybridized carbons (Fsp3) is 0.500. The molecule has 0 aliphatic carbocycles.